The Kier molecular flexibility index (Phi) is 7.42. The van der Waals surface area contributed by atoms with Gasteiger partial charge in [-0.15, -0.1) is 0 Å². The molecule has 1 heterocycles. The van der Waals surface area contributed by atoms with Crippen molar-refractivity contribution in [1.29, 1.82) is 0 Å². The van der Waals surface area contributed by atoms with Gasteiger partial charge < -0.3 is 15.0 Å². The molecule has 0 radical (unpaired) electrons. The van der Waals surface area contributed by atoms with Crippen molar-refractivity contribution in [3.05, 3.63) is 24.3 Å². The molecule has 1 amide bonds. The highest BCUT2D eigenvalue weighted by atomic mass is 32.2. The highest BCUT2D eigenvalue weighted by Crippen LogP contribution is 2.20. The Balaban J connectivity index is 1.78. The summed E-state index contributed by atoms with van der Waals surface area (Å²) < 4.78 is 29.0. The van der Waals surface area contributed by atoms with Gasteiger partial charge in [0.15, 0.2) is 16.4 Å². The number of carbonyl (C=O) groups excluding carboxylic acids is 2. The van der Waals surface area contributed by atoms with E-state index in [9.17, 15) is 18.0 Å². The maximum Gasteiger partial charge on any atom is 0.316 e. The summed E-state index contributed by atoms with van der Waals surface area (Å²) in [7, 11) is -3.48. The number of anilines is 1. The lowest BCUT2D eigenvalue weighted by Crippen LogP contribution is -2.26. The number of ether oxygens (including phenoxy) is 1. The summed E-state index contributed by atoms with van der Waals surface area (Å²) in [6.07, 6.45) is 3.25. The topological polar surface area (TPSA) is 92.8 Å². The van der Waals surface area contributed by atoms with Crippen LogP contribution in [0.3, 0.4) is 0 Å². The molecule has 0 aliphatic carbocycles. The van der Waals surface area contributed by atoms with Crippen molar-refractivity contribution in [3.63, 3.8) is 0 Å². The van der Waals surface area contributed by atoms with Crippen molar-refractivity contribution >= 4 is 55.7 Å². The molecule has 0 saturated carbocycles. The monoisotopic (exact) mass is 416 g/mol. The number of hydrogen-bond acceptors (Lipinski definition) is 7. The molecule has 1 fully saturated rings. The number of esters is 1. The Labute approximate surface area is 162 Å². The summed E-state index contributed by atoms with van der Waals surface area (Å²) in [5.41, 5.74) is 0.153. The number of nitrogens with one attached hydrogen (secondary N) is 1. The van der Waals surface area contributed by atoms with Gasteiger partial charge in [0, 0.05) is 19.3 Å². The van der Waals surface area contributed by atoms with Crippen LogP contribution in [0, 0.1) is 0 Å². The molecule has 1 saturated heterocycles. The summed E-state index contributed by atoms with van der Waals surface area (Å²) in [6.45, 7) is 1.32. The molecule has 1 aromatic rings. The molecule has 7 nitrogen and oxygen atoms in total. The number of para-hydroxylation sites is 1. The van der Waals surface area contributed by atoms with Crippen molar-refractivity contribution in [2.45, 2.75) is 17.7 Å². The standard InChI is InChI=1S/C16H20N2O5S3/c1-26(21,22)13-7-3-2-6-12(13)17-14(19)10-23-15(20)11-25-16(24)18-8-4-5-9-18/h2-3,6-7H,4-5,8-11H2,1H3,(H,17,19). The first-order chi connectivity index (χ1) is 12.3. The maximum absolute atomic E-state index is 11.9. The van der Waals surface area contributed by atoms with E-state index in [1.165, 1.54) is 23.9 Å². The molecule has 0 unspecified atom stereocenters. The van der Waals surface area contributed by atoms with E-state index >= 15 is 0 Å². The molecular formula is C16H20N2O5S3. The number of hydrogen-bond donors (Lipinski definition) is 1. The number of rotatable bonds is 6. The van der Waals surface area contributed by atoms with Crippen molar-refractivity contribution in [3.8, 4) is 0 Å². The van der Waals surface area contributed by atoms with Crippen LogP contribution in [-0.2, 0) is 24.2 Å². The zero-order chi connectivity index (χ0) is 19.2. The first kappa shape index (κ1) is 20.7. The molecule has 0 spiro atoms. The predicted molar refractivity (Wildman–Crippen MR) is 105 cm³/mol. The second-order valence-electron chi connectivity index (χ2n) is 5.73. The van der Waals surface area contributed by atoms with Gasteiger partial charge in [-0.2, -0.15) is 0 Å². The van der Waals surface area contributed by atoms with Crippen LogP contribution in [0.4, 0.5) is 5.69 Å². The Morgan fingerprint density at radius 3 is 2.58 bits per heavy atom. The fourth-order valence-electron chi connectivity index (χ4n) is 2.38. The molecular weight excluding hydrogens is 396 g/mol. The van der Waals surface area contributed by atoms with E-state index in [4.69, 9.17) is 17.0 Å². The third-order valence-electron chi connectivity index (χ3n) is 3.60. The molecule has 1 aromatic carbocycles. The van der Waals surface area contributed by atoms with Crippen LogP contribution in [0.25, 0.3) is 0 Å². The number of carbonyl (C=O) groups is 2. The SMILES string of the molecule is CS(=O)(=O)c1ccccc1NC(=O)COC(=O)CSC(=S)N1CCCC1. The fourth-order valence-corrected chi connectivity index (χ4v) is 4.27. The molecule has 0 atom stereocenters. The van der Waals surface area contributed by atoms with Crippen LogP contribution in [0.5, 0.6) is 0 Å². The number of likely N-dealkylation sites (tertiary alicyclic amines) is 1. The maximum atomic E-state index is 11.9. The lowest BCUT2D eigenvalue weighted by molar-refractivity contribution is -0.144. The first-order valence-electron chi connectivity index (χ1n) is 7.93. The summed E-state index contributed by atoms with van der Waals surface area (Å²) in [4.78, 5) is 25.7. The molecule has 1 aliphatic rings. The summed E-state index contributed by atoms with van der Waals surface area (Å²) in [6, 6.07) is 6.03. The third kappa shape index (κ3) is 6.26. The van der Waals surface area contributed by atoms with Gasteiger partial charge in [-0.1, -0.05) is 36.1 Å². The van der Waals surface area contributed by atoms with Gasteiger partial charge in [-0.3, -0.25) is 9.59 Å². The molecule has 1 aliphatic heterocycles. The minimum Gasteiger partial charge on any atom is -0.455 e. The Morgan fingerprint density at radius 1 is 1.27 bits per heavy atom. The summed E-state index contributed by atoms with van der Waals surface area (Å²) in [5, 5.41) is 2.45. The Bertz CT molecular complexity index is 789. The number of thioether (sulfide) groups is 1. The third-order valence-corrected chi connectivity index (χ3v) is 6.25. The van der Waals surface area contributed by atoms with E-state index in [2.05, 4.69) is 5.32 Å². The lowest BCUT2D eigenvalue weighted by atomic mass is 10.3. The van der Waals surface area contributed by atoms with Gasteiger partial charge in [0.25, 0.3) is 5.91 Å². The largest absolute Gasteiger partial charge is 0.455 e. The number of sulfone groups is 1. The van der Waals surface area contributed by atoms with Crippen LogP contribution < -0.4 is 5.32 Å². The summed E-state index contributed by atoms with van der Waals surface area (Å²) >= 11 is 6.46. The summed E-state index contributed by atoms with van der Waals surface area (Å²) in [5.74, 6) is -1.13. The van der Waals surface area contributed by atoms with E-state index in [-0.39, 0.29) is 16.3 Å². The molecule has 0 aromatic heterocycles. The van der Waals surface area contributed by atoms with E-state index in [1.807, 2.05) is 4.90 Å². The number of benzene rings is 1. The van der Waals surface area contributed by atoms with Crippen molar-refractivity contribution in [1.82, 2.24) is 4.90 Å². The van der Waals surface area contributed by atoms with Crippen LogP contribution in [-0.4, -0.2) is 61.2 Å². The first-order valence-corrected chi connectivity index (χ1v) is 11.2. The molecule has 0 bridgehead atoms. The van der Waals surface area contributed by atoms with E-state index in [1.54, 1.807) is 12.1 Å². The van der Waals surface area contributed by atoms with Crippen LogP contribution >= 0.6 is 24.0 Å². The number of thiocarbonyl (C=S) groups is 1. The van der Waals surface area contributed by atoms with E-state index < -0.39 is 28.3 Å². The van der Waals surface area contributed by atoms with E-state index in [0.29, 0.717) is 4.32 Å². The number of nitrogens with zero attached hydrogens (tertiary/aromatic N) is 1. The second kappa shape index (κ2) is 9.33. The van der Waals surface area contributed by atoms with Gasteiger partial charge in [0.2, 0.25) is 0 Å². The van der Waals surface area contributed by atoms with Crippen LogP contribution in [0.2, 0.25) is 0 Å². The number of amides is 1. The highest BCUT2D eigenvalue weighted by molar-refractivity contribution is 8.23. The van der Waals surface area contributed by atoms with Crippen LogP contribution in [0.1, 0.15) is 12.8 Å². The van der Waals surface area contributed by atoms with Crippen molar-refractivity contribution in [2.24, 2.45) is 0 Å². The van der Waals surface area contributed by atoms with Crippen molar-refractivity contribution in [2.75, 3.05) is 37.0 Å². The zero-order valence-electron chi connectivity index (χ0n) is 14.3. The zero-order valence-corrected chi connectivity index (χ0v) is 16.7. The Morgan fingerprint density at radius 2 is 1.92 bits per heavy atom. The average molecular weight is 417 g/mol. The molecule has 26 heavy (non-hydrogen) atoms. The molecule has 1 N–H and O–H groups in total. The van der Waals surface area contributed by atoms with Gasteiger partial charge in [-0.25, -0.2) is 8.42 Å². The molecule has 142 valence electrons. The van der Waals surface area contributed by atoms with Crippen molar-refractivity contribution < 1.29 is 22.7 Å². The van der Waals surface area contributed by atoms with E-state index in [0.717, 1.165) is 32.2 Å². The van der Waals surface area contributed by atoms with Crippen LogP contribution in [0.15, 0.2) is 29.2 Å². The lowest BCUT2D eigenvalue weighted by Gasteiger charge is -2.17. The molecule has 10 heteroatoms. The van der Waals surface area contributed by atoms with Gasteiger partial charge in [-0.05, 0) is 25.0 Å². The smallest absolute Gasteiger partial charge is 0.316 e. The second-order valence-corrected chi connectivity index (χ2v) is 9.32. The fraction of sp³-hybridized carbons (Fsp3) is 0.438. The highest BCUT2D eigenvalue weighted by Gasteiger charge is 2.18. The quantitative estimate of drug-likeness (QED) is 0.553. The van der Waals surface area contributed by atoms with Gasteiger partial charge in [0.1, 0.15) is 4.32 Å². The Hall–Kier alpha value is -1.65. The normalized spacial score (nSPS) is 14.1. The predicted octanol–water partition coefficient (Wildman–Crippen LogP) is 1.69. The van der Waals surface area contributed by atoms with Gasteiger partial charge >= 0.3 is 5.97 Å². The van der Waals surface area contributed by atoms with Gasteiger partial charge in [0.05, 0.1) is 16.3 Å². The average Bonchev–Trinajstić information content (AvgIpc) is 3.12. The minimum atomic E-state index is -3.48. The minimum absolute atomic E-state index is 0.00574. The molecule has 2 rings (SSSR count).